The van der Waals surface area contributed by atoms with Crippen molar-refractivity contribution in [2.24, 2.45) is 0 Å². The van der Waals surface area contributed by atoms with Gasteiger partial charge in [-0.15, -0.1) is 0 Å². The van der Waals surface area contributed by atoms with Gasteiger partial charge in [-0.05, 0) is 12.2 Å². The number of carbonyl (C=O) groups is 1. The van der Waals surface area contributed by atoms with Gasteiger partial charge in [0.25, 0.3) is 0 Å². The lowest BCUT2D eigenvalue weighted by atomic mass is 10.1. The summed E-state index contributed by atoms with van der Waals surface area (Å²) in [6, 6.07) is 0. The molecule has 0 aromatic carbocycles. The molecule has 0 aromatic heterocycles. The molecular formula is C9H12O4. The third kappa shape index (κ3) is 1.79. The zero-order valence-corrected chi connectivity index (χ0v) is 7.87. The highest BCUT2D eigenvalue weighted by Gasteiger charge is 2.30. The molecule has 1 aliphatic carbocycles. The molecule has 0 N–H and O–H groups in total. The summed E-state index contributed by atoms with van der Waals surface area (Å²) in [5, 5.41) is 0. The predicted octanol–water partition coefficient (Wildman–Crippen LogP) is 0.645. The van der Waals surface area contributed by atoms with Gasteiger partial charge in [-0.3, -0.25) is 4.79 Å². The number of rotatable bonds is 3. The van der Waals surface area contributed by atoms with Gasteiger partial charge in [-0.25, -0.2) is 0 Å². The van der Waals surface area contributed by atoms with Gasteiger partial charge in [0.2, 0.25) is 11.6 Å². The van der Waals surface area contributed by atoms with E-state index in [-0.39, 0.29) is 11.5 Å². The SMILES string of the molecule is COC1=CC(OC)(OC)C=CC1=O. The molecule has 0 unspecified atom stereocenters. The first-order valence-electron chi connectivity index (χ1n) is 3.78. The number of ketones is 1. The van der Waals surface area contributed by atoms with Crippen molar-refractivity contribution < 1.29 is 19.0 Å². The Bertz CT molecular complexity index is 261. The monoisotopic (exact) mass is 184 g/mol. The molecule has 0 fully saturated rings. The number of carbonyl (C=O) groups excluding carboxylic acids is 1. The largest absolute Gasteiger partial charge is 0.493 e. The summed E-state index contributed by atoms with van der Waals surface area (Å²) >= 11 is 0. The summed E-state index contributed by atoms with van der Waals surface area (Å²) in [5.74, 6) is -0.933. The van der Waals surface area contributed by atoms with Crippen molar-refractivity contribution in [1.82, 2.24) is 0 Å². The smallest absolute Gasteiger partial charge is 0.220 e. The molecular weight excluding hydrogens is 172 g/mol. The molecule has 0 aliphatic heterocycles. The normalized spacial score (nSPS) is 19.9. The maximum absolute atomic E-state index is 11.2. The first kappa shape index (κ1) is 9.95. The fraction of sp³-hybridized carbons (Fsp3) is 0.444. The molecule has 0 radical (unpaired) electrons. The highest BCUT2D eigenvalue weighted by Crippen LogP contribution is 2.22. The van der Waals surface area contributed by atoms with Crippen molar-refractivity contribution in [3.8, 4) is 0 Å². The van der Waals surface area contributed by atoms with Crippen LogP contribution in [0.25, 0.3) is 0 Å². The molecule has 4 heteroatoms. The zero-order valence-electron chi connectivity index (χ0n) is 7.87. The Labute approximate surface area is 76.8 Å². The fourth-order valence-electron chi connectivity index (χ4n) is 1.07. The number of ether oxygens (including phenoxy) is 3. The third-order valence-electron chi connectivity index (χ3n) is 1.90. The molecule has 4 nitrogen and oxygen atoms in total. The molecule has 13 heavy (non-hydrogen) atoms. The summed E-state index contributed by atoms with van der Waals surface area (Å²) in [7, 11) is 4.42. The van der Waals surface area contributed by atoms with E-state index in [0.717, 1.165) is 0 Å². The van der Waals surface area contributed by atoms with Gasteiger partial charge in [0.1, 0.15) is 0 Å². The molecule has 1 aliphatic rings. The molecule has 0 atom stereocenters. The first-order chi connectivity index (χ1) is 6.17. The fourth-order valence-corrected chi connectivity index (χ4v) is 1.07. The second-order valence-corrected chi connectivity index (χ2v) is 2.54. The van der Waals surface area contributed by atoms with Crippen LogP contribution < -0.4 is 0 Å². The van der Waals surface area contributed by atoms with Crippen molar-refractivity contribution in [3.05, 3.63) is 24.0 Å². The van der Waals surface area contributed by atoms with Crippen LogP contribution in [0.15, 0.2) is 24.0 Å². The predicted molar refractivity (Wildman–Crippen MR) is 46.0 cm³/mol. The van der Waals surface area contributed by atoms with Crippen LogP contribution in [-0.4, -0.2) is 32.9 Å². The minimum atomic E-state index is -0.973. The van der Waals surface area contributed by atoms with Gasteiger partial charge in [0.15, 0.2) is 5.76 Å². The van der Waals surface area contributed by atoms with Crippen LogP contribution in [-0.2, 0) is 19.0 Å². The molecule has 1 rings (SSSR count). The average molecular weight is 184 g/mol. The Morgan fingerprint density at radius 1 is 1.23 bits per heavy atom. The maximum atomic E-state index is 11.2. The summed E-state index contributed by atoms with van der Waals surface area (Å²) in [5.41, 5.74) is 0. The second-order valence-electron chi connectivity index (χ2n) is 2.54. The average Bonchev–Trinajstić information content (AvgIpc) is 2.19. The number of allylic oxidation sites excluding steroid dienone is 1. The molecule has 0 bridgehead atoms. The Kier molecular flexibility index (Phi) is 2.85. The van der Waals surface area contributed by atoms with E-state index in [4.69, 9.17) is 14.2 Å². The highest BCUT2D eigenvalue weighted by atomic mass is 16.7. The topological polar surface area (TPSA) is 44.8 Å². The quantitative estimate of drug-likeness (QED) is 0.604. The van der Waals surface area contributed by atoms with Crippen LogP contribution in [0.3, 0.4) is 0 Å². The van der Waals surface area contributed by atoms with Crippen molar-refractivity contribution >= 4 is 5.78 Å². The van der Waals surface area contributed by atoms with E-state index < -0.39 is 5.79 Å². The number of methoxy groups -OCH3 is 3. The lowest BCUT2D eigenvalue weighted by Gasteiger charge is -2.26. The van der Waals surface area contributed by atoms with Crippen molar-refractivity contribution in [2.45, 2.75) is 5.79 Å². The second kappa shape index (κ2) is 3.72. The Morgan fingerprint density at radius 2 is 1.85 bits per heavy atom. The van der Waals surface area contributed by atoms with Crippen LogP contribution in [0.2, 0.25) is 0 Å². The standard InChI is InChI=1S/C9H12O4/c1-11-8-6-9(12-2,13-3)5-4-7(8)10/h4-6H,1-3H3. The van der Waals surface area contributed by atoms with Crippen LogP contribution in [0.1, 0.15) is 0 Å². The Morgan fingerprint density at radius 3 is 2.31 bits per heavy atom. The summed E-state index contributed by atoms with van der Waals surface area (Å²) in [6.45, 7) is 0. The molecule has 0 spiro atoms. The molecule has 0 saturated heterocycles. The van der Waals surface area contributed by atoms with Gasteiger partial charge in [-0.2, -0.15) is 0 Å². The third-order valence-corrected chi connectivity index (χ3v) is 1.90. The molecule has 0 aromatic rings. The van der Waals surface area contributed by atoms with E-state index in [2.05, 4.69) is 0 Å². The van der Waals surface area contributed by atoms with Crippen molar-refractivity contribution in [2.75, 3.05) is 21.3 Å². The van der Waals surface area contributed by atoms with E-state index in [1.807, 2.05) is 0 Å². The summed E-state index contributed by atoms with van der Waals surface area (Å²) in [6.07, 6.45) is 4.40. The van der Waals surface area contributed by atoms with E-state index in [0.29, 0.717) is 0 Å². The maximum Gasteiger partial charge on any atom is 0.220 e. The Hall–Kier alpha value is -1.13. The summed E-state index contributed by atoms with van der Waals surface area (Å²) in [4.78, 5) is 11.2. The zero-order chi connectivity index (χ0) is 9.90. The van der Waals surface area contributed by atoms with Gasteiger partial charge in [0, 0.05) is 20.3 Å². The van der Waals surface area contributed by atoms with Gasteiger partial charge in [0.05, 0.1) is 7.11 Å². The first-order valence-corrected chi connectivity index (χ1v) is 3.78. The lowest BCUT2D eigenvalue weighted by Crippen LogP contribution is -2.32. The van der Waals surface area contributed by atoms with E-state index in [9.17, 15) is 4.79 Å². The van der Waals surface area contributed by atoms with Crippen molar-refractivity contribution in [1.29, 1.82) is 0 Å². The summed E-state index contributed by atoms with van der Waals surface area (Å²) < 4.78 is 15.0. The van der Waals surface area contributed by atoms with Gasteiger partial charge in [-0.1, -0.05) is 0 Å². The molecule has 0 saturated carbocycles. The van der Waals surface area contributed by atoms with E-state index in [1.54, 1.807) is 0 Å². The lowest BCUT2D eigenvalue weighted by molar-refractivity contribution is -0.139. The van der Waals surface area contributed by atoms with E-state index >= 15 is 0 Å². The van der Waals surface area contributed by atoms with Gasteiger partial charge >= 0.3 is 0 Å². The van der Waals surface area contributed by atoms with Gasteiger partial charge < -0.3 is 14.2 Å². The molecule has 0 amide bonds. The van der Waals surface area contributed by atoms with Crippen LogP contribution in [0, 0.1) is 0 Å². The van der Waals surface area contributed by atoms with E-state index in [1.165, 1.54) is 39.6 Å². The number of hydrogen-bond donors (Lipinski definition) is 0. The molecule has 72 valence electrons. The Balaban J connectivity index is 2.98. The molecule has 0 heterocycles. The number of hydrogen-bond acceptors (Lipinski definition) is 4. The highest BCUT2D eigenvalue weighted by molar-refractivity contribution is 6.03. The van der Waals surface area contributed by atoms with Crippen molar-refractivity contribution in [3.63, 3.8) is 0 Å². The minimum Gasteiger partial charge on any atom is -0.493 e. The minimum absolute atomic E-state index is 0.188. The van der Waals surface area contributed by atoms with Crippen LogP contribution in [0.5, 0.6) is 0 Å². The van der Waals surface area contributed by atoms with Crippen LogP contribution in [0.4, 0.5) is 0 Å². The van der Waals surface area contributed by atoms with Crippen LogP contribution >= 0.6 is 0 Å².